The average molecular weight is 410 g/mol. The summed E-state index contributed by atoms with van der Waals surface area (Å²) in [4.78, 5) is 26.7. The van der Waals surface area contributed by atoms with Gasteiger partial charge >= 0.3 is 0 Å². The van der Waals surface area contributed by atoms with Crippen LogP contribution in [0.5, 0.6) is 0 Å². The molecule has 0 atom stereocenters. The SMILES string of the molecule is Cc1cc(C)cc(C(=O)NCC(=O)NCc2ccc(CN3CCC(O)CC3)cc2)c1. The predicted molar refractivity (Wildman–Crippen MR) is 117 cm³/mol. The summed E-state index contributed by atoms with van der Waals surface area (Å²) >= 11 is 0. The van der Waals surface area contributed by atoms with E-state index >= 15 is 0 Å². The molecule has 3 rings (SSSR count). The second-order valence-corrected chi connectivity index (χ2v) is 8.16. The molecule has 0 radical (unpaired) electrons. The third-order valence-corrected chi connectivity index (χ3v) is 5.37. The number of rotatable bonds is 7. The van der Waals surface area contributed by atoms with Crippen LogP contribution in [-0.2, 0) is 17.9 Å². The smallest absolute Gasteiger partial charge is 0.251 e. The number of aliphatic hydroxyl groups is 1. The Kier molecular flexibility index (Phi) is 7.60. The zero-order valence-electron chi connectivity index (χ0n) is 17.8. The maximum Gasteiger partial charge on any atom is 0.251 e. The Morgan fingerprint density at radius 2 is 1.57 bits per heavy atom. The summed E-state index contributed by atoms with van der Waals surface area (Å²) in [6.07, 6.45) is 1.52. The van der Waals surface area contributed by atoms with Crippen LogP contribution in [0.25, 0.3) is 0 Å². The van der Waals surface area contributed by atoms with Crippen molar-refractivity contribution >= 4 is 11.8 Å². The van der Waals surface area contributed by atoms with E-state index in [2.05, 4.69) is 27.7 Å². The zero-order chi connectivity index (χ0) is 21.5. The molecule has 2 aromatic rings. The highest BCUT2D eigenvalue weighted by Gasteiger charge is 2.16. The number of carbonyl (C=O) groups excluding carboxylic acids is 2. The minimum absolute atomic E-state index is 0.0509. The number of aliphatic hydroxyl groups excluding tert-OH is 1. The van der Waals surface area contributed by atoms with Crippen LogP contribution in [0, 0.1) is 13.8 Å². The van der Waals surface area contributed by atoms with Crippen LogP contribution < -0.4 is 10.6 Å². The highest BCUT2D eigenvalue weighted by Crippen LogP contribution is 2.14. The van der Waals surface area contributed by atoms with Gasteiger partial charge in [0, 0.05) is 31.7 Å². The number of hydrogen-bond acceptors (Lipinski definition) is 4. The highest BCUT2D eigenvalue weighted by atomic mass is 16.3. The van der Waals surface area contributed by atoms with E-state index in [1.165, 1.54) is 5.56 Å². The molecule has 3 N–H and O–H groups in total. The number of carbonyl (C=O) groups is 2. The number of amides is 2. The average Bonchev–Trinajstić information content (AvgIpc) is 2.72. The summed E-state index contributed by atoms with van der Waals surface area (Å²) in [6.45, 7) is 6.99. The van der Waals surface area contributed by atoms with Crippen LogP contribution in [0.2, 0.25) is 0 Å². The third-order valence-electron chi connectivity index (χ3n) is 5.37. The van der Waals surface area contributed by atoms with Crippen molar-refractivity contribution in [2.24, 2.45) is 0 Å². The number of likely N-dealkylation sites (tertiary alicyclic amines) is 1. The first kappa shape index (κ1) is 22.0. The van der Waals surface area contributed by atoms with Crippen LogP contribution >= 0.6 is 0 Å². The van der Waals surface area contributed by atoms with E-state index in [0.717, 1.165) is 49.2 Å². The van der Waals surface area contributed by atoms with E-state index in [1.807, 2.05) is 44.2 Å². The van der Waals surface area contributed by atoms with E-state index in [9.17, 15) is 14.7 Å². The van der Waals surface area contributed by atoms with E-state index in [1.54, 1.807) is 0 Å². The van der Waals surface area contributed by atoms with Gasteiger partial charge in [-0.3, -0.25) is 14.5 Å². The molecule has 0 aromatic heterocycles. The normalized spacial score (nSPS) is 15.0. The van der Waals surface area contributed by atoms with E-state index in [0.29, 0.717) is 12.1 Å². The lowest BCUT2D eigenvalue weighted by Crippen LogP contribution is -2.36. The molecule has 1 aliphatic rings. The monoisotopic (exact) mass is 409 g/mol. The van der Waals surface area contributed by atoms with Gasteiger partial charge in [-0.05, 0) is 49.9 Å². The van der Waals surface area contributed by atoms with Crippen molar-refractivity contribution in [2.75, 3.05) is 19.6 Å². The molecule has 2 aromatic carbocycles. The van der Waals surface area contributed by atoms with Crippen LogP contribution in [0.15, 0.2) is 42.5 Å². The Labute approximate surface area is 178 Å². The molecule has 0 unspecified atom stereocenters. The van der Waals surface area contributed by atoms with Crippen molar-refractivity contribution in [3.05, 3.63) is 70.3 Å². The lowest BCUT2D eigenvalue weighted by molar-refractivity contribution is -0.120. The van der Waals surface area contributed by atoms with Crippen LogP contribution in [0.3, 0.4) is 0 Å². The molecule has 1 saturated heterocycles. The molecule has 6 heteroatoms. The van der Waals surface area contributed by atoms with Gasteiger partial charge < -0.3 is 15.7 Å². The molecule has 1 fully saturated rings. The summed E-state index contributed by atoms with van der Waals surface area (Å²) in [5, 5.41) is 15.1. The number of hydrogen-bond donors (Lipinski definition) is 3. The van der Waals surface area contributed by atoms with Crippen molar-refractivity contribution in [3.63, 3.8) is 0 Å². The van der Waals surface area contributed by atoms with E-state index in [-0.39, 0.29) is 24.5 Å². The molecular formula is C24H31N3O3. The number of nitrogens with one attached hydrogen (secondary N) is 2. The van der Waals surface area contributed by atoms with Crippen molar-refractivity contribution in [3.8, 4) is 0 Å². The van der Waals surface area contributed by atoms with Gasteiger partial charge in [0.15, 0.2) is 0 Å². The second-order valence-electron chi connectivity index (χ2n) is 8.16. The molecule has 6 nitrogen and oxygen atoms in total. The molecule has 1 aliphatic heterocycles. The Bertz CT molecular complexity index is 852. The van der Waals surface area contributed by atoms with Crippen LogP contribution in [0.1, 0.15) is 45.5 Å². The Hall–Kier alpha value is -2.70. The van der Waals surface area contributed by atoms with Crippen molar-refractivity contribution < 1.29 is 14.7 Å². The molecular weight excluding hydrogens is 378 g/mol. The maximum absolute atomic E-state index is 12.2. The number of nitrogens with zero attached hydrogens (tertiary/aromatic N) is 1. The molecule has 0 saturated carbocycles. The summed E-state index contributed by atoms with van der Waals surface area (Å²) in [5.41, 5.74) is 4.85. The first-order valence-corrected chi connectivity index (χ1v) is 10.5. The molecule has 0 bridgehead atoms. The molecule has 0 aliphatic carbocycles. The highest BCUT2D eigenvalue weighted by molar-refractivity contribution is 5.96. The van der Waals surface area contributed by atoms with Gasteiger partial charge in [-0.1, -0.05) is 41.5 Å². The standard InChI is InChI=1S/C24H31N3O3/c1-17-11-18(2)13-21(12-17)24(30)26-15-23(29)25-14-19-3-5-20(6-4-19)16-27-9-7-22(28)8-10-27/h3-6,11-13,22,28H,7-10,14-16H2,1-2H3,(H,25,29)(H,26,30). The van der Waals surface area contributed by atoms with Crippen LogP contribution in [-0.4, -0.2) is 47.6 Å². The van der Waals surface area contributed by atoms with Gasteiger partial charge in [-0.25, -0.2) is 0 Å². The summed E-state index contributed by atoms with van der Waals surface area (Å²) in [6, 6.07) is 13.8. The summed E-state index contributed by atoms with van der Waals surface area (Å²) < 4.78 is 0. The lowest BCUT2D eigenvalue weighted by Gasteiger charge is -2.29. The second kappa shape index (κ2) is 10.4. The van der Waals surface area contributed by atoms with Gasteiger partial charge in [0.25, 0.3) is 5.91 Å². The Morgan fingerprint density at radius 1 is 0.967 bits per heavy atom. The predicted octanol–water partition coefficient (Wildman–Crippen LogP) is 2.31. The fraction of sp³-hybridized carbons (Fsp3) is 0.417. The Morgan fingerprint density at radius 3 is 2.20 bits per heavy atom. The first-order valence-electron chi connectivity index (χ1n) is 10.5. The molecule has 160 valence electrons. The number of aryl methyl sites for hydroxylation is 2. The fourth-order valence-corrected chi connectivity index (χ4v) is 3.73. The third kappa shape index (κ3) is 6.68. The van der Waals surface area contributed by atoms with Gasteiger partial charge in [-0.15, -0.1) is 0 Å². The summed E-state index contributed by atoms with van der Waals surface area (Å²) in [7, 11) is 0. The molecule has 2 amide bonds. The van der Waals surface area contributed by atoms with Gasteiger partial charge in [0.05, 0.1) is 12.6 Å². The van der Waals surface area contributed by atoms with Crippen molar-refractivity contribution in [1.29, 1.82) is 0 Å². The van der Waals surface area contributed by atoms with E-state index < -0.39 is 0 Å². The molecule has 1 heterocycles. The van der Waals surface area contributed by atoms with Gasteiger partial charge in [0.1, 0.15) is 0 Å². The molecule has 0 spiro atoms. The minimum atomic E-state index is -0.244. The van der Waals surface area contributed by atoms with Crippen molar-refractivity contribution in [2.45, 2.75) is 45.9 Å². The minimum Gasteiger partial charge on any atom is -0.393 e. The number of benzene rings is 2. The van der Waals surface area contributed by atoms with Gasteiger partial charge in [0.2, 0.25) is 5.91 Å². The maximum atomic E-state index is 12.2. The topological polar surface area (TPSA) is 81.7 Å². The fourth-order valence-electron chi connectivity index (χ4n) is 3.73. The van der Waals surface area contributed by atoms with Crippen LogP contribution in [0.4, 0.5) is 0 Å². The zero-order valence-corrected chi connectivity index (χ0v) is 17.8. The molecule has 30 heavy (non-hydrogen) atoms. The summed E-state index contributed by atoms with van der Waals surface area (Å²) in [5.74, 6) is -0.463. The quantitative estimate of drug-likeness (QED) is 0.656. The van der Waals surface area contributed by atoms with Crippen molar-refractivity contribution in [1.82, 2.24) is 15.5 Å². The number of piperidine rings is 1. The van der Waals surface area contributed by atoms with Gasteiger partial charge in [-0.2, -0.15) is 0 Å². The largest absolute Gasteiger partial charge is 0.393 e. The van der Waals surface area contributed by atoms with E-state index in [4.69, 9.17) is 0 Å². The first-order chi connectivity index (χ1) is 14.4. The lowest BCUT2D eigenvalue weighted by atomic mass is 10.1. The Balaban J connectivity index is 1.40.